The number of benzene rings is 1. The third-order valence-corrected chi connectivity index (χ3v) is 3.26. The molecule has 0 saturated heterocycles. The molecule has 0 aliphatic carbocycles. The van der Waals surface area contributed by atoms with Crippen LogP contribution in [-0.2, 0) is 13.0 Å². The molecular formula is C16H22N2O. The molecule has 0 aliphatic heterocycles. The Morgan fingerprint density at radius 2 is 1.89 bits per heavy atom. The average Bonchev–Trinajstić information content (AvgIpc) is 2.76. The summed E-state index contributed by atoms with van der Waals surface area (Å²) in [5.74, 6) is 0. The lowest BCUT2D eigenvalue weighted by molar-refractivity contribution is 0.168. The Morgan fingerprint density at radius 3 is 2.53 bits per heavy atom. The predicted octanol–water partition coefficient (Wildman–Crippen LogP) is 3.19. The Balaban J connectivity index is 2.15. The summed E-state index contributed by atoms with van der Waals surface area (Å²) in [7, 11) is 0. The van der Waals surface area contributed by atoms with Crippen molar-refractivity contribution in [3.8, 4) is 0 Å². The van der Waals surface area contributed by atoms with Gasteiger partial charge in [-0.1, -0.05) is 36.2 Å². The third kappa shape index (κ3) is 3.44. The van der Waals surface area contributed by atoms with E-state index < -0.39 is 6.10 Å². The van der Waals surface area contributed by atoms with E-state index in [1.165, 1.54) is 16.7 Å². The Bertz CT molecular complexity index is 525. The first-order chi connectivity index (χ1) is 9.10. The zero-order valence-electron chi connectivity index (χ0n) is 11.9. The maximum absolute atomic E-state index is 10.4. The Morgan fingerprint density at radius 1 is 1.21 bits per heavy atom. The van der Waals surface area contributed by atoms with E-state index in [9.17, 15) is 5.11 Å². The minimum atomic E-state index is -0.491. The van der Waals surface area contributed by atoms with Gasteiger partial charge in [0.1, 0.15) is 0 Å². The second-order valence-electron chi connectivity index (χ2n) is 5.23. The largest absolute Gasteiger partial charge is 0.386 e. The minimum absolute atomic E-state index is 0.491. The predicted molar refractivity (Wildman–Crippen MR) is 77.1 cm³/mol. The first-order valence-corrected chi connectivity index (χ1v) is 6.85. The molecular weight excluding hydrogens is 236 g/mol. The summed E-state index contributed by atoms with van der Waals surface area (Å²) in [6.45, 7) is 7.20. The van der Waals surface area contributed by atoms with Crippen LogP contribution in [0, 0.1) is 13.8 Å². The first-order valence-electron chi connectivity index (χ1n) is 6.85. The average molecular weight is 258 g/mol. The Hall–Kier alpha value is -1.61. The second-order valence-corrected chi connectivity index (χ2v) is 5.23. The van der Waals surface area contributed by atoms with Crippen molar-refractivity contribution in [3.63, 3.8) is 0 Å². The Kier molecular flexibility index (Phi) is 4.38. The molecule has 1 N–H and O–H groups in total. The highest BCUT2D eigenvalue weighted by atomic mass is 16.3. The van der Waals surface area contributed by atoms with Gasteiger partial charge in [0, 0.05) is 13.0 Å². The third-order valence-electron chi connectivity index (χ3n) is 3.26. The van der Waals surface area contributed by atoms with Crippen LogP contribution in [0.3, 0.4) is 0 Å². The first kappa shape index (κ1) is 13.8. The van der Waals surface area contributed by atoms with Crippen molar-refractivity contribution >= 4 is 0 Å². The minimum Gasteiger partial charge on any atom is -0.386 e. The van der Waals surface area contributed by atoms with E-state index in [-0.39, 0.29) is 0 Å². The van der Waals surface area contributed by atoms with Gasteiger partial charge in [-0.3, -0.25) is 0 Å². The van der Waals surface area contributed by atoms with Gasteiger partial charge in [-0.2, -0.15) is 0 Å². The number of nitrogens with zero attached hydrogens (tertiary/aromatic N) is 2. The molecule has 1 heterocycles. The van der Waals surface area contributed by atoms with E-state index in [4.69, 9.17) is 0 Å². The lowest BCUT2D eigenvalue weighted by Crippen LogP contribution is -2.09. The standard InChI is InChI=1S/C16H22N2O/c1-4-5-18-11-17-10-15(18)16(19)9-14-7-12(2)6-13(3)8-14/h6-8,10-11,16,19H,4-5,9H2,1-3H3. The number of aromatic nitrogens is 2. The topological polar surface area (TPSA) is 38.0 Å². The lowest BCUT2D eigenvalue weighted by atomic mass is 10.0. The lowest BCUT2D eigenvalue weighted by Gasteiger charge is -2.14. The molecule has 1 aromatic heterocycles. The fraction of sp³-hybridized carbons (Fsp3) is 0.438. The smallest absolute Gasteiger partial charge is 0.0995 e. The highest BCUT2D eigenvalue weighted by Gasteiger charge is 2.13. The van der Waals surface area contributed by atoms with Crippen molar-refractivity contribution in [2.45, 2.75) is 46.3 Å². The van der Waals surface area contributed by atoms with Gasteiger partial charge in [0.25, 0.3) is 0 Å². The summed E-state index contributed by atoms with van der Waals surface area (Å²) >= 11 is 0. The maximum Gasteiger partial charge on any atom is 0.0995 e. The number of aliphatic hydroxyl groups excluding tert-OH is 1. The monoisotopic (exact) mass is 258 g/mol. The van der Waals surface area contributed by atoms with Crippen LogP contribution in [0.25, 0.3) is 0 Å². The zero-order valence-corrected chi connectivity index (χ0v) is 11.9. The van der Waals surface area contributed by atoms with Gasteiger partial charge in [0.15, 0.2) is 0 Å². The number of rotatable bonds is 5. The van der Waals surface area contributed by atoms with Gasteiger partial charge in [-0.05, 0) is 25.8 Å². The summed E-state index contributed by atoms with van der Waals surface area (Å²) in [6.07, 6.45) is 4.75. The summed E-state index contributed by atoms with van der Waals surface area (Å²) in [5.41, 5.74) is 4.56. The molecule has 0 amide bonds. The quantitative estimate of drug-likeness (QED) is 0.894. The molecule has 3 heteroatoms. The second kappa shape index (κ2) is 6.02. The van der Waals surface area contributed by atoms with Gasteiger partial charge in [0.05, 0.1) is 24.3 Å². The van der Waals surface area contributed by atoms with Crippen LogP contribution >= 0.6 is 0 Å². The highest BCUT2D eigenvalue weighted by molar-refractivity contribution is 5.29. The van der Waals surface area contributed by atoms with Crippen LogP contribution in [0.1, 0.15) is 41.8 Å². The Labute approximate surface area is 114 Å². The van der Waals surface area contributed by atoms with Crippen molar-refractivity contribution in [3.05, 3.63) is 53.1 Å². The number of aryl methyl sites for hydroxylation is 3. The van der Waals surface area contributed by atoms with E-state index in [1.54, 1.807) is 12.5 Å². The van der Waals surface area contributed by atoms with E-state index >= 15 is 0 Å². The molecule has 0 bridgehead atoms. The molecule has 2 aromatic rings. The molecule has 1 aromatic carbocycles. The van der Waals surface area contributed by atoms with Crippen LogP contribution < -0.4 is 0 Å². The van der Waals surface area contributed by atoms with Crippen molar-refractivity contribution in [2.75, 3.05) is 0 Å². The van der Waals surface area contributed by atoms with Crippen LogP contribution in [0.15, 0.2) is 30.7 Å². The molecule has 19 heavy (non-hydrogen) atoms. The zero-order chi connectivity index (χ0) is 13.8. The molecule has 0 spiro atoms. The van der Waals surface area contributed by atoms with E-state index in [0.717, 1.165) is 18.7 Å². The molecule has 2 rings (SSSR count). The van der Waals surface area contributed by atoms with Gasteiger partial charge < -0.3 is 9.67 Å². The van der Waals surface area contributed by atoms with Crippen molar-refractivity contribution in [1.29, 1.82) is 0 Å². The maximum atomic E-state index is 10.4. The molecule has 0 aliphatic rings. The van der Waals surface area contributed by atoms with Crippen molar-refractivity contribution in [1.82, 2.24) is 9.55 Å². The van der Waals surface area contributed by atoms with Gasteiger partial charge in [-0.15, -0.1) is 0 Å². The van der Waals surface area contributed by atoms with Gasteiger partial charge in [-0.25, -0.2) is 4.98 Å². The summed E-state index contributed by atoms with van der Waals surface area (Å²) in [4.78, 5) is 4.14. The summed E-state index contributed by atoms with van der Waals surface area (Å²) < 4.78 is 2.04. The molecule has 0 saturated carbocycles. The molecule has 0 radical (unpaired) electrons. The van der Waals surface area contributed by atoms with Crippen LogP contribution in [0.4, 0.5) is 0 Å². The normalized spacial score (nSPS) is 12.6. The fourth-order valence-electron chi connectivity index (χ4n) is 2.55. The number of hydrogen-bond donors (Lipinski definition) is 1. The summed E-state index contributed by atoms with van der Waals surface area (Å²) in [5, 5.41) is 10.4. The van der Waals surface area contributed by atoms with E-state index in [0.29, 0.717) is 6.42 Å². The molecule has 102 valence electrons. The molecule has 1 atom stereocenters. The highest BCUT2D eigenvalue weighted by Crippen LogP contribution is 2.20. The van der Waals surface area contributed by atoms with Crippen LogP contribution in [0.5, 0.6) is 0 Å². The van der Waals surface area contributed by atoms with Gasteiger partial charge >= 0.3 is 0 Å². The van der Waals surface area contributed by atoms with Crippen molar-refractivity contribution < 1.29 is 5.11 Å². The number of aliphatic hydroxyl groups is 1. The van der Waals surface area contributed by atoms with Crippen LogP contribution in [-0.4, -0.2) is 14.7 Å². The number of hydrogen-bond acceptors (Lipinski definition) is 2. The number of imidazole rings is 1. The molecule has 3 nitrogen and oxygen atoms in total. The SMILES string of the molecule is CCCn1cncc1C(O)Cc1cc(C)cc(C)c1. The van der Waals surface area contributed by atoms with Crippen molar-refractivity contribution in [2.24, 2.45) is 0 Å². The molecule has 0 fully saturated rings. The van der Waals surface area contributed by atoms with Gasteiger partial charge in [0.2, 0.25) is 0 Å². The summed E-state index contributed by atoms with van der Waals surface area (Å²) in [6, 6.07) is 6.42. The van der Waals surface area contributed by atoms with E-state index in [1.807, 2.05) is 4.57 Å². The van der Waals surface area contributed by atoms with E-state index in [2.05, 4.69) is 44.0 Å². The van der Waals surface area contributed by atoms with Crippen LogP contribution in [0.2, 0.25) is 0 Å². The molecule has 1 unspecified atom stereocenters. The fourth-order valence-corrected chi connectivity index (χ4v) is 2.55.